The topological polar surface area (TPSA) is 76.2 Å². The predicted molar refractivity (Wildman–Crippen MR) is 92.6 cm³/mol. The van der Waals surface area contributed by atoms with Crippen molar-refractivity contribution in [3.05, 3.63) is 41.2 Å². The smallest absolute Gasteiger partial charge is 0.272 e. The van der Waals surface area contributed by atoms with Crippen molar-refractivity contribution in [1.29, 1.82) is 0 Å². The highest BCUT2D eigenvalue weighted by Gasteiger charge is 2.16. The molecule has 1 heterocycles. The van der Waals surface area contributed by atoms with E-state index in [9.17, 15) is 4.79 Å². The van der Waals surface area contributed by atoms with Gasteiger partial charge in [-0.1, -0.05) is 13.0 Å². The summed E-state index contributed by atoms with van der Waals surface area (Å²) in [6.07, 6.45) is 0.812. The van der Waals surface area contributed by atoms with Gasteiger partial charge in [0.05, 0.1) is 19.3 Å². The Bertz CT molecular complexity index is 682. The second-order valence-electron chi connectivity index (χ2n) is 5.40. The molecule has 0 radical (unpaired) electrons. The largest absolute Gasteiger partial charge is 0.490 e. The van der Waals surface area contributed by atoms with Crippen LogP contribution in [-0.2, 0) is 6.42 Å². The third-order valence-corrected chi connectivity index (χ3v) is 3.66. The van der Waals surface area contributed by atoms with Gasteiger partial charge in [-0.05, 0) is 51.0 Å². The first-order valence-corrected chi connectivity index (χ1v) is 8.33. The fraction of sp³-hybridized carbons (Fsp3) is 0.444. The summed E-state index contributed by atoms with van der Waals surface area (Å²) in [7, 11) is 0. The Kier molecular flexibility index (Phi) is 6.23. The van der Waals surface area contributed by atoms with Crippen molar-refractivity contribution in [2.24, 2.45) is 0 Å². The molecular formula is C18H25N3O3. The number of nitrogens with one attached hydrogen (secondary N) is 2. The Morgan fingerprint density at radius 1 is 1.17 bits per heavy atom. The second kappa shape index (κ2) is 8.38. The highest BCUT2D eigenvalue weighted by molar-refractivity contribution is 5.92. The van der Waals surface area contributed by atoms with Crippen molar-refractivity contribution in [2.45, 2.75) is 40.2 Å². The van der Waals surface area contributed by atoms with Crippen LogP contribution in [0.1, 0.15) is 55.5 Å². The quantitative estimate of drug-likeness (QED) is 0.778. The number of amides is 1. The van der Waals surface area contributed by atoms with Crippen molar-refractivity contribution in [2.75, 3.05) is 13.2 Å². The molecule has 0 bridgehead atoms. The van der Waals surface area contributed by atoms with Crippen molar-refractivity contribution in [3.63, 3.8) is 0 Å². The summed E-state index contributed by atoms with van der Waals surface area (Å²) in [6.45, 7) is 8.92. The van der Waals surface area contributed by atoms with Crippen LogP contribution in [0.2, 0.25) is 0 Å². The van der Waals surface area contributed by atoms with Gasteiger partial charge in [-0.25, -0.2) is 0 Å². The van der Waals surface area contributed by atoms with Crippen molar-refractivity contribution < 1.29 is 14.3 Å². The molecule has 6 nitrogen and oxygen atoms in total. The normalized spacial score (nSPS) is 11.8. The third-order valence-electron chi connectivity index (χ3n) is 3.66. The Balaban J connectivity index is 2.12. The number of carbonyl (C=O) groups excluding carboxylic acids is 1. The maximum atomic E-state index is 12.3. The SMILES string of the molecule is CCOc1ccc(C(C)NC(=O)c2cc(CC)[nH]n2)cc1OCC. The van der Waals surface area contributed by atoms with Crippen LogP contribution in [0.3, 0.4) is 0 Å². The number of H-pyrrole nitrogens is 1. The van der Waals surface area contributed by atoms with Crippen LogP contribution in [-0.4, -0.2) is 29.3 Å². The van der Waals surface area contributed by atoms with Crippen LogP contribution >= 0.6 is 0 Å². The zero-order chi connectivity index (χ0) is 17.5. The highest BCUT2D eigenvalue weighted by Crippen LogP contribution is 2.30. The number of aromatic nitrogens is 2. The lowest BCUT2D eigenvalue weighted by Crippen LogP contribution is -2.27. The molecule has 130 valence electrons. The van der Waals surface area contributed by atoms with Gasteiger partial charge in [0.2, 0.25) is 0 Å². The van der Waals surface area contributed by atoms with Gasteiger partial charge in [-0.2, -0.15) is 5.10 Å². The minimum absolute atomic E-state index is 0.172. The van der Waals surface area contributed by atoms with Crippen molar-refractivity contribution >= 4 is 5.91 Å². The van der Waals surface area contributed by atoms with Crippen molar-refractivity contribution in [3.8, 4) is 11.5 Å². The summed E-state index contributed by atoms with van der Waals surface area (Å²) in [5.74, 6) is 1.19. The fourth-order valence-electron chi connectivity index (χ4n) is 2.35. The van der Waals surface area contributed by atoms with Crippen LogP contribution in [0.4, 0.5) is 0 Å². The van der Waals surface area contributed by atoms with Gasteiger partial charge >= 0.3 is 0 Å². The number of hydrogen-bond donors (Lipinski definition) is 2. The fourth-order valence-corrected chi connectivity index (χ4v) is 2.35. The Morgan fingerprint density at radius 3 is 2.50 bits per heavy atom. The molecule has 1 atom stereocenters. The van der Waals surface area contributed by atoms with E-state index in [2.05, 4.69) is 15.5 Å². The van der Waals surface area contributed by atoms with Crippen LogP contribution in [0.5, 0.6) is 11.5 Å². The van der Waals surface area contributed by atoms with E-state index in [0.29, 0.717) is 30.4 Å². The monoisotopic (exact) mass is 331 g/mol. The van der Waals surface area contributed by atoms with Crippen LogP contribution in [0.25, 0.3) is 0 Å². The molecule has 2 rings (SSSR count). The molecule has 1 amide bonds. The van der Waals surface area contributed by atoms with Crippen LogP contribution in [0.15, 0.2) is 24.3 Å². The van der Waals surface area contributed by atoms with Crippen LogP contribution in [0, 0.1) is 0 Å². The molecule has 0 fully saturated rings. The summed E-state index contributed by atoms with van der Waals surface area (Å²) < 4.78 is 11.2. The van der Waals surface area contributed by atoms with E-state index in [1.807, 2.05) is 45.9 Å². The summed E-state index contributed by atoms with van der Waals surface area (Å²) in [6, 6.07) is 7.30. The van der Waals surface area contributed by atoms with E-state index in [-0.39, 0.29) is 11.9 Å². The summed E-state index contributed by atoms with van der Waals surface area (Å²) in [4.78, 5) is 12.3. The number of carbonyl (C=O) groups is 1. The molecule has 2 aromatic rings. The lowest BCUT2D eigenvalue weighted by Gasteiger charge is -2.17. The molecule has 6 heteroatoms. The Labute approximate surface area is 142 Å². The first-order valence-electron chi connectivity index (χ1n) is 8.33. The van der Waals surface area contributed by atoms with Crippen molar-refractivity contribution in [1.82, 2.24) is 15.5 Å². The molecule has 24 heavy (non-hydrogen) atoms. The number of hydrogen-bond acceptors (Lipinski definition) is 4. The van der Waals surface area contributed by atoms with Gasteiger partial charge in [-0.3, -0.25) is 9.89 Å². The van der Waals surface area contributed by atoms with Gasteiger partial charge < -0.3 is 14.8 Å². The molecule has 1 aromatic heterocycles. The number of aromatic amines is 1. The molecule has 0 aliphatic rings. The molecule has 1 unspecified atom stereocenters. The van der Waals surface area contributed by atoms with E-state index in [1.54, 1.807) is 6.07 Å². The first-order chi connectivity index (χ1) is 11.6. The lowest BCUT2D eigenvalue weighted by atomic mass is 10.1. The average molecular weight is 331 g/mol. The Morgan fingerprint density at radius 2 is 1.88 bits per heavy atom. The minimum atomic E-state index is -0.203. The van der Waals surface area contributed by atoms with E-state index < -0.39 is 0 Å². The summed E-state index contributed by atoms with van der Waals surface area (Å²) in [5, 5.41) is 9.84. The van der Waals surface area contributed by atoms with Gasteiger partial charge in [-0.15, -0.1) is 0 Å². The predicted octanol–water partition coefficient (Wildman–Crippen LogP) is 3.26. The minimum Gasteiger partial charge on any atom is -0.490 e. The van der Waals surface area contributed by atoms with E-state index >= 15 is 0 Å². The number of rotatable bonds is 8. The zero-order valence-corrected chi connectivity index (χ0v) is 14.7. The summed E-state index contributed by atoms with van der Waals surface area (Å²) >= 11 is 0. The molecule has 0 saturated heterocycles. The molecular weight excluding hydrogens is 306 g/mol. The Hall–Kier alpha value is -2.50. The highest BCUT2D eigenvalue weighted by atomic mass is 16.5. The van der Waals surface area contributed by atoms with Gasteiger partial charge in [0.15, 0.2) is 11.5 Å². The molecule has 0 aliphatic carbocycles. The van der Waals surface area contributed by atoms with E-state index in [1.165, 1.54) is 0 Å². The maximum absolute atomic E-state index is 12.3. The third kappa shape index (κ3) is 4.28. The second-order valence-corrected chi connectivity index (χ2v) is 5.40. The number of nitrogens with zero attached hydrogens (tertiary/aromatic N) is 1. The lowest BCUT2D eigenvalue weighted by molar-refractivity contribution is 0.0934. The zero-order valence-electron chi connectivity index (χ0n) is 14.7. The molecule has 2 N–H and O–H groups in total. The average Bonchev–Trinajstić information content (AvgIpc) is 3.06. The van der Waals surface area contributed by atoms with Gasteiger partial charge in [0.1, 0.15) is 5.69 Å². The molecule has 0 aliphatic heterocycles. The number of benzene rings is 1. The van der Waals surface area contributed by atoms with E-state index in [0.717, 1.165) is 17.7 Å². The van der Waals surface area contributed by atoms with Gasteiger partial charge in [0.25, 0.3) is 5.91 Å². The molecule has 0 saturated carbocycles. The molecule has 0 spiro atoms. The first kappa shape index (κ1) is 17.8. The van der Waals surface area contributed by atoms with E-state index in [4.69, 9.17) is 9.47 Å². The number of aryl methyl sites for hydroxylation is 1. The van der Waals surface area contributed by atoms with Gasteiger partial charge in [0, 0.05) is 5.69 Å². The maximum Gasteiger partial charge on any atom is 0.272 e. The number of ether oxygens (including phenoxy) is 2. The molecule has 1 aromatic carbocycles. The summed E-state index contributed by atoms with van der Waals surface area (Å²) in [5.41, 5.74) is 2.28. The van der Waals surface area contributed by atoms with Crippen LogP contribution < -0.4 is 14.8 Å². The standard InChI is InChI=1S/C18H25N3O3/c1-5-14-11-15(21-20-14)18(22)19-12(4)13-8-9-16(23-6-2)17(10-13)24-7-3/h8-12H,5-7H2,1-4H3,(H,19,22)(H,20,21).